The van der Waals surface area contributed by atoms with Crippen molar-refractivity contribution in [3.63, 3.8) is 0 Å². The number of oxime groups is 1. The van der Waals surface area contributed by atoms with Crippen LogP contribution in [0.3, 0.4) is 0 Å². The van der Waals surface area contributed by atoms with Gasteiger partial charge in [0.1, 0.15) is 11.3 Å². The first-order valence-electron chi connectivity index (χ1n) is 7.47. The Balaban J connectivity index is 2.11. The molecule has 0 saturated heterocycles. The van der Waals surface area contributed by atoms with E-state index in [1.807, 2.05) is 33.0 Å². The number of aldehydes is 1. The summed E-state index contributed by atoms with van der Waals surface area (Å²) in [6.45, 7) is 4.33. The van der Waals surface area contributed by atoms with Gasteiger partial charge in [0.2, 0.25) is 6.29 Å². The summed E-state index contributed by atoms with van der Waals surface area (Å²) in [5.41, 5.74) is 2.43. The van der Waals surface area contributed by atoms with Crippen molar-refractivity contribution in [2.24, 2.45) is 11.1 Å². The lowest BCUT2D eigenvalue weighted by Crippen LogP contribution is -2.24. The lowest BCUT2D eigenvalue weighted by atomic mass is 10.00. The molecule has 3 rings (SSSR count). The van der Waals surface area contributed by atoms with Gasteiger partial charge in [-0.3, -0.25) is 4.79 Å². The zero-order chi connectivity index (χ0) is 17.4. The smallest absolute Gasteiger partial charge is 0.235 e. The first-order chi connectivity index (χ1) is 11.5. The highest BCUT2D eigenvalue weighted by molar-refractivity contribution is 9.10. The van der Waals surface area contributed by atoms with Crippen molar-refractivity contribution in [1.82, 2.24) is 0 Å². The van der Waals surface area contributed by atoms with Crippen LogP contribution in [0.25, 0.3) is 11.0 Å². The van der Waals surface area contributed by atoms with E-state index in [4.69, 9.17) is 14.0 Å². The number of rotatable bonds is 5. The van der Waals surface area contributed by atoms with Gasteiger partial charge in [0.05, 0.1) is 17.2 Å². The number of ether oxygens (including phenoxy) is 1. The maximum Gasteiger partial charge on any atom is 0.235 e. The molecule has 1 aliphatic rings. The monoisotopic (exact) mass is 412 g/mol. The number of carbonyl (C=O) groups is 1. The number of hydrogen-bond donors (Lipinski definition) is 1. The molecule has 1 aromatic carbocycles. The largest absolute Gasteiger partial charge is 0.454 e. The Morgan fingerprint density at radius 1 is 1.50 bits per heavy atom. The second-order valence-electron chi connectivity index (χ2n) is 5.48. The zero-order valence-electron chi connectivity index (χ0n) is 13.4. The molecule has 2 heterocycles. The molecule has 128 valence electrons. The fourth-order valence-electron chi connectivity index (χ4n) is 2.68. The molecule has 2 unspecified atom stereocenters. The Morgan fingerprint density at radius 2 is 2.25 bits per heavy atom. The van der Waals surface area contributed by atoms with Gasteiger partial charge in [-0.05, 0) is 28.9 Å². The van der Waals surface area contributed by atoms with E-state index < -0.39 is 6.29 Å². The molecular weight excluding hydrogens is 396 g/mol. The highest BCUT2D eigenvalue weighted by atomic mass is 79.9. The lowest BCUT2D eigenvalue weighted by Gasteiger charge is -2.13. The number of nitrogens with zero attached hydrogens (tertiary/aromatic N) is 2. The molecular formula is C16H17BrN2O4S. The number of furan rings is 1. The summed E-state index contributed by atoms with van der Waals surface area (Å²) in [6.07, 6.45) is 0.310. The highest BCUT2D eigenvalue weighted by Gasteiger charge is 2.35. The van der Waals surface area contributed by atoms with Gasteiger partial charge in [-0.1, -0.05) is 24.9 Å². The average molecular weight is 413 g/mol. The molecule has 1 aliphatic heterocycles. The normalized spacial score (nSPS) is 20.1. The maximum absolute atomic E-state index is 11.7. The standard InChI is InChI=1S/C16H17BrN2O4S/c1-4-21-16-8(2)14(18-23-16)15-10(7-20)9-5-11(17)12(19(3)24)6-13(9)22-15/h5-8,16,24H,4H2,1-3H3. The van der Waals surface area contributed by atoms with Gasteiger partial charge >= 0.3 is 0 Å². The van der Waals surface area contributed by atoms with Gasteiger partial charge in [0, 0.05) is 29.6 Å². The molecule has 6 nitrogen and oxygen atoms in total. The minimum absolute atomic E-state index is 0.139. The van der Waals surface area contributed by atoms with Crippen LogP contribution in [0, 0.1) is 5.92 Å². The molecule has 1 aromatic heterocycles. The third kappa shape index (κ3) is 2.82. The van der Waals surface area contributed by atoms with Crippen molar-refractivity contribution >= 4 is 57.4 Å². The van der Waals surface area contributed by atoms with E-state index >= 15 is 0 Å². The summed E-state index contributed by atoms with van der Waals surface area (Å²) in [5, 5.41) is 4.78. The van der Waals surface area contributed by atoms with Crippen molar-refractivity contribution < 1.29 is 18.8 Å². The number of carbonyl (C=O) groups excluding carboxylic acids is 1. The van der Waals surface area contributed by atoms with E-state index in [0.29, 0.717) is 34.6 Å². The first-order valence-corrected chi connectivity index (χ1v) is 8.66. The van der Waals surface area contributed by atoms with Crippen molar-refractivity contribution in [3.05, 3.63) is 27.9 Å². The minimum Gasteiger partial charge on any atom is -0.454 e. The van der Waals surface area contributed by atoms with E-state index in [1.54, 1.807) is 4.31 Å². The van der Waals surface area contributed by atoms with Gasteiger partial charge in [-0.25, -0.2) is 0 Å². The first kappa shape index (κ1) is 17.3. The number of hydrogen-bond acceptors (Lipinski definition) is 7. The molecule has 2 aromatic rings. The molecule has 0 radical (unpaired) electrons. The van der Waals surface area contributed by atoms with Crippen LogP contribution in [0.4, 0.5) is 5.69 Å². The second kappa shape index (κ2) is 6.78. The molecule has 24 heavy (non-hydrogen) atoms. The number of fused-ring (bicyclic) bond motifs is 1. The number of thiol groups is 1. The SMILES string of the molecule is CCOC1ON=C(c2oc3cc(N(C)S)c(Br)cc3c2C=O)C1C. The Labute approximate surface area is 153 Å². The van der Waals surface area contributed by atoms with E-state index in [9.17, 15) is 4.79 Å². The van der Waals surface area contributed by atoms with Crippen LogP contribution in [0.2, 0.25) is 0 Å². The topological polar surface area (TPSA) is 64.3 Å². The van der Waals surface area contributed by atoms with Gasteiger partial charge in [0.15, 0.2) is 12.0 Å². The third-order valence-electron chi connectivity index (χ3n) is 3.92. The lowest BCUT2D eigenvalue weighted by molar-refractivity contribution is -0.138. The van der Waals surface area contributed by atoms with Crippen molar-refractivity contribution in [2.45, 2.75) is 20.1 Å². The number of halogens is 1. The third-order valence-corrected chi connectivity index (χ3v) is 4.77. The molecule has 0 fully saturated rings. The van der Waals surface area contributed by atoms with Crippen LogP contribution in [0.5, 0.6) is 0 Å². The quantitative estimate of drug-likeness (QED) is 0.593. The summed E-state index contributed by atoms with van der Waals surface area (Å²) in [5.74, 6) is 0.278. The van der Waals surface area contributed by atoms with E-state index in [1.165, 1.54) is 0 Å². The summed E-state index contributed by atoms with van der Waals surface area (Å²) < 4.78 is 13.9. The van der Waals surface area contributed by atoms with Gasteiger partial charge in [-0.15, -0.1) is 0 Å². The van der Waals surface area contributed by atoms with E-state index in [0.717, 1.165) is 16.4 Å². The molecule has 0 N–H and O–H groups in total. The Hall–Kier alpha value is -1.51. The fourth-order valence-corrected chi connectivity index (χ4v) is 3.59. The molecule has 2 atom stereocenters. The molecule has 0 spiro atoms. The number of benzene rings is 1. The second-order valence-corrected chi connectivity index (χ2v) is 6.93. The predicted octanol–water partition coefficient (Wildman–Crippen LogP) is 4.02. The van der Waals surface area contributed by atoms with Crippen molar-refractivity contribution in [3.8, 4) is 0 Å². The van der Waals surface area contributed by atoms with Crippen LogP contribution in [-0.2, 0) is 9.57 Å². The maximum atomic E-state index is 11.7. The number of anilines is 1. The predicted molar refractivity (Wildman–Crippen MR) is 98.9 cm³/mol. The summed E-state index contributed by atoms with van der Waals surface area (Å²) in [6, 6.07) is 3.67. The van der Waals surface area contributed by atoms with Crippen molar-refractivity contribution in [2.75, 3.05) is 18.0 Å². The molecule has 0 amide bonds. The Bertz CT molecular complexity index is 818. The molecule has 0 saturated carbocycles. The van der Waals surface area contributed by atoms with E-state index in [2.05, 4.69) is 33.9 Å². The van der Waals surface area contributed by atoms with Crippen LogP contribution in [-0.4, -0.2) is 31.9 Å². The Kier molecular flexibility index (Phi) is 4.89. The summed E-state index contributed by atoms with van der Waals surface area (Å²) >= 11 is 7.80. The van der Waals surface area contributed by atoms with Crippen LogP contribution < -0.4 is 4.31 Å². The summed E-state index contributed by atoms with van der Waals surface area (Å²) in [4.78, 5) is 17.0. The molecule has 8 heteroatoms. The van der Waals surface area contributed by atoms with Crippen LogP contribution in [0.1, 0.15) is 30.0 Å². The van der Waals surface area contributed by atoms with Gasteiger partial charge < -0.3 is 18.3 Å². The summed E-state index contributed by atoms with van der Waals surface area (Å²) in [7, 11) is 1.81. The molecule has 0 aliphatic carbocycles. The van der Waals surface area contributed by atoms with Crippen LogP contribution in [0.15, 0.2) is 26.2 Å². The van der Waals surface area contributed by atoms with Gasteiger partial charge in [-0.2, -0.15) is 0 Å². The van der Waals surface area contributed by atoms with Gasteiger partial charge in [0.25, 0.3) is 0 Å². The van der Waals surface area contributed by atoms with Crippen molar-refractivity contribution in [1.29, 1.82) is 0 Å². The average Bonchev–Trinajstić information content (AvgIpc) is 3.07. The minimum atomic E-state index is -0.469. The fraction of sp³-hybridized carbons (Fsp3) is 0.375. The Morgan fingerprint density at radius 3 is 2.88 bits per heavy atom. The zero-order valence-corrected chi connectivity index (χ0v) is 15.9. The highest BCUT2D eigenvalue weighted by Crippen LogP contribution is 2.37. The van der Waals surface area contributed by atoms with E-state index in [-0.39, 0.29) is 5.92 Å². The molecule has 0 bridgehead atoms. The van der Waals surface area contributed by atoms with Crippen LogP contribution >= 0.6 is 28.7 Å².